The van der Waals surface area contributed by atoms with Gasteiger partial charge in [0.1, 0.15) is 5.82 Å². The molecule has 3 heterocycles. The van der Waals surface area contributed by atoms with Crippen LogP contribution < -0.4 is 4.90 Å². The number of anilines is 1. The van der Waals surface area contributed by atoms with Crippen molar-refractivity contribution >= 4 is 11.9 Å². The predicted molar refractivity (Wildman–Crippen MR) is 97.3 cm³/mol. The topological polar surface area (TPSA) is 95.6 Å². The molecule has 1 saturated heterocycles. The highest BCUT2D eigenvalue weighted by Crippen LogP contribution is 2.31. The van der Waals surface area contributed by atoms with Gasteiger partial charge >= 0.3 is 18.2 Å². The monoisotopic (exact) mass is 413 g/mol. The highest BCUT2D eigenvalue weighted by atomic mass is 19.4. The fraction of sp³-hybridized carbons (Fsp3) is 0.556. The molecular formula is C18H22F3N5O3. The van der Waals surface area contributed by atoms with Crippen molar-refractivity contribution in [2.24, 2.45) is 5.41 Å². The van der Waals surface area contributed by atoms with Crippen molar-refractivity contribution in [2.45, 2.75) is 39.4 Å². The van der Waals surface area contributed by atoms with Crippen LogP contribution in [0.25, 0.3) is 11.4 Å². The van der Waals surface area contributed by atoms with Gasteiger partial charge in [0.05, 0.1) is 6.04 Å². The molecule has 0 saturated carbocycles. The van der Waals surface area contributed by atoms with E-state index in [1.165, 1.54) is 17.2 Å². The lowest BCUT2D eigenvalue weighted by molar-refractivity contribution is -0.159. The minimum atomic E-state index is -4.71. The van der Waals surface area contributed by atoms with E-state index in [0.29, 0.717) is 37.4 Å². The maximum atomic E-state index is 12.7. The van der Waals surface area contributed by atoms with Crippen LogP contribution in [0.4, 0.5) is 23.8 Å². The average molecular weight is 413 g/mol. The summed E-state index contributed by atoms with van der Waals surface area (Å²) >= 11 is 0. The molecule has 0 radical (unpaired) electrons. The Hall–Kier alpha value is -2.85. The lowest BCUT2D eigenvalue weighted by atomic mass is 9.86. The van der Waals surface area contributed by atoms with E-state index in [2.05, 4.69) is 19.6 Å². The molecule has 8 nitrogen and oxygen atoms in total. The standard InChI is InChI=1S/C18H22F3N5O3/c1-17(2,3)9-12-10-25(6-7-26(12)16(27)28)13-8-11(4-5-22-13)14-23-15(29-24-14)18(19,20)21/h4-5,8,12H,6-7,9-10H2,1-3H3,(H,27,28). The van der Waals surface area contributed by atoms with Gasteiger partial charge < -0.3 is 19.4 Å². The molecule has 0 spiro atoms. The largest absolute Gasteiger partial charge is 0.471 e. The number of alkyl halides is 3. The van der Waals surface area contributed by atoms with Crippen LogP contribution in [0.3, 0.4) is 0 Å². The second-order valence-electron chi connectivity index (χ2n) is 8.16. The normalized spacial score (nSPS) is 18.2. The number of pyridine rings is 1. The van der Waals surface area contributed by atoms with E-state index in [-0.39, 0.29) is 17.3 Å². The molecule has 11 heteroatoms. The SMILES string of the molecule is CC(C)(C)CC1CN(c2cc(-c3noc(C(F)(F)F)n3)ccn2)CCN1C(=O)O. The average Bonchev–Trinajstić information content (AvgIpc) is 3.11. The molecule has 158 valence electrons. The van der Waals surface area contributed by atoms with Gasteiger partial charge in [0.15, 0.2) is 0 Å². The highest BCUT2D eigenvalue weighted by Gasteiger charge is 2.38. The molecule has 1 aliphatic rings. The van der Waals surface area contributed by atoms with Gasteiger partial charge in [0.25, 0.3) is 0 Å². The van der Waals surface area contributed by atoms with Gasteiger partial charge in [-0.15, -0.1) is 0 Å². The molecule has 29 heavy (non-hydrogen) atoms. The fourth-order valence-corrected chi connectivity index (χ4v) is 3.38. The summed E-state index contributed by atoms with van der Waals surface area (Å²) in [4.78, 5) is 22.6. The second-order valence-corrected chi connectivity index (χ2v) is 8.16. The molecule has 1 atom stereocenters. The van der Waals surface area contributed by atoms with Crippen molar-refractivity contribution in [3.8, 4) is 11.4 Å². The number of hydrogen-bond acceptors (Lipinski definition) is 6. The van der Waals surface area contributed by atoms with Crippen LogP contribution in [0.15, 0.2) is 22.9 Å². The molecule has 2 aromatic rings. The Bertz CT molecular complexity index is 878. The van der Waals surface area contributed by atoms with Crippen molar-refractivity contribution in [2.75, 3.05) is 24.5 Å². The van der Waals surface area contributed by atoms with Crippen LogP contribution >= 0.6 is 0 Å². The number of amides is 1. The van der Waals surface area contributed by atoms with Crippen LogP contribution in [0.5, 0.6) is 0 Å². The smallest absolute Gasteiger partial charge is 0.465 e. The molecule has 1 unspecified atom stereocenters. The molecule has 1 N–H and O–H groups in total. The van der Waals surface area contributed by atoms with Gasteiger partial charge in [-0.3, -0.25) is 0 Å². The van der Waals surface area contributed by atoms with E-state index in [1.807, 2.05) is 25.7 Å². The molecule has 2 aromatic heterocycles. The van der Waals surface area contributed by atoms with E-state index in [0.717, 1.165) is 0 Å². The molecule has 3 rings (SSSR count). The summed E-state index contributed by atoms with van der Waals surface area (Å²) in [6.45, 7) is 7.28. The van der Waals surface area contributed by atoms with Crippen LogP contribution in [-0.2, 0) is 6.18 Å². The first kappa shape index (κ1) is 20.9. The number of hydrogen-bond donors (Lipinski definition) is 1. The minimum Gasteiger partial charge on any atom is -0.465 e. The summed E-state index contributed by atoms with van der Waals surface area (Å²) in [6.07, 6.45) is -3.56. The molecule has 1 fully saturated rings. The first-order valence-electron chi connectivity index (χ1n) is 9.06. The Kier molecular flexibility index (Phi) is 5.42. The quantitative estimate of drug-likeness (QED) is 0.819. The zero-order valence-corrected chi connectivity index (χ0v) is 16.3. The van der Waals surface area contributed by atoms with Gasteiger partial charge in [-0.2, -0.15) is 18.2 Å². The van der Waals surface area contributed by atoms with E-state index in [1.54, 1.807) is 6.07 Å². The van der Waals surface area contributed by atoms with E-state index in [9.17, 15) is 23.1 Å². The number of piperazine rings is 1. The van der Waals surface area contributed by atoms with E-state index < -0.39 is 18.2 Å². The van der Waals surface area contributed by atoms with Crippen molar-refractivity contribution in [3.63, 3.8) is 0 Å². The highest BCUT2D eigenvalue weighted by molar-refractivity contribution is 5.66. The van der Waals surface area contributed by atoms with Crippen molar-refractivity contribution < 1.29 is 27.6 Å². The second kappa shape index (κ2) is 7.53. The molecule has 0 aliphatic carbocycles. The Morgan fingerprint density at radius 3 is 2.62 bits per heavy atom. The lowest BCUT2D eigenvalue weighted by Gasteiger charge is -2.42. The third-order valence-electron chi connectivity index (χ3n) is 4.57. The van der Waals surface area contributed by atoms with Gasteiger partial charge in [-0.25, -0.2) is 9.78 Å². The Morgan fingerprint density at radius 2 is 2.03 bits per heavy atom. The molecule has 1 amide bonds. The number of rotatable bonds is 3. The molecule has 0 bridgehead atoms. The summed E-state index contributed by atoms with van der Waals surface area (Å²) in [5, 5.41) is 12.9. The maximum absolute atomic E-state index is 12.7. The Balaban J connectivity index is 1.83. The third-order valence-corrected chi connectivity index (χ3v) is 4.57. The van der Waals surface area contributed by atoms with Crippen LogP contribution in [0.2, 0.25) is 0 Å². The van der Waals surface area contributed by atoms with E-state index >= 15 is 0 Å². The van der Waals surface area contributed by atoms with Gasteiger partial charge in [0, 0.05) is 31.4 Å². The molecule has 1 aliphatic heterocycles. The third kappa shape index (κ3) is 4.96. The zero-order valence-electron chi connectivity index (χ0n) is 16.3. The van der Waals surface area contributed by atoms with Crippen LogP contribution in [0.1, 0.15) is 33.1 Å². The number of aromatic nitrogens is 3. The van der Waals surface area contributed by atoms with Crippen molar-refractivity contribution in [3.05, 3.63) is 24.2 Å². The molecule has 0 aromatic carbocycles. The van der Waals surface area contributed by atoms with Crippen molar-refractivity contribution in [1.29, 1.82) is 0 Å². The fourth-order valence-electron chi connectivity index (χ4n) is 3.38. The summed E-state index contributed by atoms with van der Waals surface area (Å²) in [7, 11) is 0. The summed E-state index contributed by atoms with van der Waals surface area (Å²) in [6, 6.07) is 2.85. The number of carbonyl (C=O) groups is 1. The summed E-state index contributed by atoms with van der Waals surface area (Å²) < 4.78 is 42.4. The summed E-state index contributed by atoms with van der Waals surface area (Å²) in [5.41, 5.74) is 0.261. The first-order valence-corrected chi connectivity index (χ1v) is 9.06. The van der Waals surface area contributed by atoms with Gasteiger partial charge in [0.2, 0.25) is 5.82 Å². The maximum Gasteiger partial charge on any atom is 0.471 e. The van der Waals surface area contributed by atoms with Crippen molar-refractivity contribution in [1.82, 2.24) is 20.0 Å². The number of carboxylic acid groups (broad SMARTS) is 1. The van der Waals surface area contributed by atoms with Crippen LogP contribution in [0, 0.1) is 5.41 Å². The Labute approximate surface area is 165 Å². The number of halogens is 3. The van der Waals surface area contributed by atoms with Crippen LogP contribution in [-0.4, -0.2) is 56.9 Å². The van der Waals surface area contributed by atoms with Gasteiger partial charge in [-0.05, 0) is 24.0 Å². The predicted octanol–water partition coefficient (Wildman–Crippen LogP) is 3.76. The zero-order chi connectivity index (χ0) is 21.4. The Morgan fingerprint density at radius 1 is 1.31 bits per heavy atom. The van der Waals surface area contributed by atoms with E-state index in [4.69, 9.17) is 0 Å². The first-order chi connectivity index (χ1) is 13.4. The molecular weight excluding hydrogens is 391 g/mol. The lowest BCUT2D eigenvalue weighted by Crippen LogP contribution is -2.56. The van der Waals surface area contributed by atoms with Gasteiger partial charge in [-0.1, -0.05) is 25.9 Å². The number of nitrogens with zero attached hydrogens (tertiary/aromatic N) is 5. The minimum absolute atomic E-state index is 0.0741. The summed E-state index contributed by atoms with van der Waals surface area (Å²) in [5.74, 6) is -1.08.